The zero-order valence-corrected chi connectivity index (χ0v) is 13.1. The molecule has 0 saturated carbocycles. The zero-order valence-electron chi connectivity index (χ0n) is 11.6. The van der Waals surface area contributed by atoms with Crippen LogP contribution < -0.4 is 5.32 Å². The summed E-state index contributed by atoms with van der Waals surface area (Å²) in [5.74, 6) is -0.471. The van der Waals surface area contributed by atoms with Gasteiger partial charge in [-0.25, -0.2) is 8.42 Å². The lowest BCUT2D eigenvalue weighted by atomic mass is 10.1. The number of hydrogen-bond donors (Lipinski definition) is 1. The molecule has 0 aliphatic carbocycles. The first kappa shape index (κ1) is 15.5. The molecular weight excluding hydrogens is 310 g/mol. The van der Waals surface area contributed by atoms with Crippen LogP contribution in [0.3, 0.4) is 0 Å². The standard InChI is InChI=1S/C15H14ClNO3S/c1-10-9-11(16)7-8-13(10)17-15(18)12-5-3-4-6-14(12)21(2,19)20/h3-9H,1-2H3,(H,17,18). The highest BCUT2D eigenvalue weighted by Crippen LogP contribution is 2.22. The molecule has 0 aromatic heterocycles. The Labute approximate surface area is 128 Å². The quantitative estimate of drug-likeness (QED) is 0.942. The first-order valence-electron chi connectivity index (χ1n) is 6.15. The van der Waals surface area contributed by atoms with E-state index in [9.17, 15) is 13.2 Å². The summed E-state index contributed by atoms with van der Waals surface area (Å²) in [5.41, 5.74) is 1.51. The summed E-state index contributed by atoms with van der Waals surface area (Å²) in [6.07, 6.45) is 1.08. The molecule has 0 aliphatic heterocycles. The van der Waals surface area contributed by atoms with Crippen LogP contribution in [-0.2, 0) is 9.84 Å². The lowest BCUT2D eigenvalue weighted by Gasteiger charge is -2.11. The third-order valence-electron chi connectivity index (χ3n) is 2.97. The summed E-state index contributed by atoms with van der Waals surface area (Å²) in [7, 11) is -3.47. The normalized spacial score (nSPS) is 11.2. The third kappa shape index (κ3) is 3.62. The maximum Gasteiger partial charge on any atom is 0.256 e. The van der Waals surface area contributed by atoms with Gasteiger partial charge in [-0.05, 0) is 42.8 Å². The molecule has 0 fully saturated rings. The second kappa shape index (κ2) is 5.87. The third-order valence-corrected chi connectivity index (χ3v) is 4.36. The summed E-state index contributed by atoms with van der Waals surface area (Å²) in [6.45, 7) is 1.81. The van der Waals surface area contributed by atoms with Gasteiger partial charge < -0.3 is 5.32 Å². The molecule has 0 bridgehead atoms. The minimum absolute atomic E-state index is 0.00844. The molecular formula is C15H14ClNO3S. The first-order chi connectivity index (χ1) is 9.79. The molecule has 0 radical (unpaired) electrons. The Hall–Kier alpha value is -1.85. The molecule has 1 N–H and O–H groups in total. The fourth-order valence-electron chi connectivity index (χ4n) is 1.93. The van der Waals surface area contributed by atoms with Crippen molar-refractivity contribution >= 4 is 33.0 Å². The van der Waals surface area contributed by atoms with Crippen LogP contribution in [0.25, 0.3) is 0 Å². The topological polar surface area (TPSA) is 63.2 Å². The van der Waals surface area contributed by atoms with Gasteiger partial charge in [0.15, 0.2) is 9.84 Å². The van der Waals surface area contributed by atoms with Gasteiger partial charge in [0.25, 0.3) is 5.91 Å². The molecule has 2 aromatic carbocycles. The van der Waals surface area contributed by atoms with Crippen molar-refractivity contribution in [2.45, 2.75) is 11.8 Å². The maximum atomic E-state index is 12.3. The van der Waals surface area contributed by atoms with Crippen molar-refractivity contribution in [3.63, 3.8) is 0 Å². The number of carbonyl (C=O) groups is 1. The molecule has 1 amide bonds. The Kier molecular flexibility index (Phi) is 4.34. The maximum absolute atomic E-state index is 12.3. The Morgan fingerprint density at radius 1 is 1.14 bits per heavy atom. The minimum Gasteiger partial charge on any atom is -0.322 e. The fraction of sp³-hybridized carbons (Fsp3) is 0.133. The molecule has 4 nitrogen and oxygen atoms in total. The molecule has 0 heterocycles. The van der Waals surface area contributed by atoms with E-state index in [0.717, 1.165) is 11.8 Å². The zero-order chi connectivity index (χ0) is 15.6. The summed E-state index contributed by atoms with van der Waals surface area (Å²) in [6, 6.07) is 11.2. The monoisotopic (exact) mass is 323 g/mol. The van der Waals surface area contributed by atoms with Crippen molar-refractivity contribution < 1.29 is 13.2 Å². The summed E-state index contributed by atoms with van der Waals surface area (Å²) in [4.78, 5) is 12.3. The predicted molar refractivity (Wildman–Crippen MR) is 83.7 cm³/mol. The van der Waals surface area contributed by atoms with Gasteiger partial charge in [-0.1, -0.05) is 23.7 Å². The van der Waals surface area contributed by atoms with Crippen LogP contribution in [0.15, 0.2) is 47.4 Å². The average molecular weight is 324 g/mol. The second-order valence-corrected chi connectivity index (χ2v) is 7.10. The summed E-state index contributed by atoms with van der Waals surface area (Å²) < 4.78 is 23.4. The van der Waals surface area contributed by atoms with Gasteiger partial charge in [0.05, 0.1) is 10.5 Å². The highest BCUT2D eigenvalue weighted by Gasteiger charge is 2.18. The number of hydrogen-bond acceptors (Lipinski definition) is 3. The van der Waals surface area contributed by atoms with E-state index >= 15 is 0 Å². The van der Waals surface area contributed by atoms with E-state index in [2.05, 4.69) is 5.32 Å². The molecule has 0 unspecified atom stereocenters. The van der Waals surface area contributed by atoms with Gasteiger partial charge in [0.1, 0.15) is 0 Å². The second-order valence-electron chi connectivity index (χ2n) is 4.68. The molecule has 2 aromatic rings. The number of rotatable bonds is 3. The number of aryl methyl sites for hydroxylation is 1. The summed E-state index contributed by atoms with van der Waals surface area (Å²) >= 11 is 5.86. The van der Waals surface area contributed by atoms with Gasteiger partial charge in [0, 0.05) is 17.0 Å². The number of nitrogens with one attached hydrogen (secondary N) is 1. The molecule has 21 heavy (non-hydrogen) atoms. The number of halogens is 1. The number of benzene rings is 2. The van der Waals surface area contributed by atoms with E-state index in [0.29, 0.717) is 10.7 Å². The molecule has 6 heteroatoms. The van der Waals surface area contributed by atoms with E-state index in [1.54, 1.807) is 30.3 Å². The lowest BCUT2D eigenvalue weighted by Crippen LogP contribution is -2.16. The Morgan fingerprint density at radius 3 is 2.43 bits per heavy atom. The number of anilines is 1. The van der Waals surface area contributed by atoms with Gasteiger partial charge in [-0.3, -0.25) is 4.79 Å². The smallest absolute Gasteiger partial charge is 0.256 e. The van der Waals surface area contributed by atoms with E-state index in [-0.39, 0.29) is 10.5 Å². The molecule has 110 valence electrons. The van der Waals surface area contributed by atoms with Gasteiger partial charge in [-0.15, -0.1) is 0 Å². The average Bonchev–Trinajstić information content (AvgIpc) is 2.41. The Morgan fingerprint density at radius 2 is 1.81 bits per heavy atom. The van der Waals surface area contributed by atoms with Crippen LogP contribution in [0.5, 0.6) is 0 Å². The Bertz CT molecular complexity index is 800. The van der Waals surface area contributed by atoms with Crippen LogP contribution in [-0.4, -0.2) is 20.6 Å². The van der Waals surface area contributed by atoms with E-state index in [1.165, 1.54) is 12.1 Å². The van der Waals surface area contributed by atoms with Crippen molar-refractivity contribution in [2.75, 3.05) is 11.6 Å². The largest absolute Gasteiger partial charge is 0.322 e. The van der Waals surface area contributed by atoms with Gasteiger partial charge in [-0.2, -0.15) is 0 Å². The van der Waals surface area contributed by atoms with Crippen molar-refractivity contribution in [3.8, 4) is 0 Å². The van der Waals surface area contributed by atoms with Crippen molar-refractivity contribution in [3.05, 3.63) is 58.6 Å². The molecule has 0 spiro atoms. The van der Waals surface area contributed by atoms with E-state index in [1.807, 2.05) is 6.92 Å². The first-order valence-corrected chi connectivity index (χ1v) is 8.42. The van der Waals surface area contributed by atoms with Crippen molar-refractivity contribution in [2.24, 2.45) is 0 Å². The van der Waals surface area contributed by atoms with Crippen molar-refractivity contribution in [1.29, 1.82) is 0 Å². The lowest BCUT2D eigenvalue weighted by molar-refractivity contribution is 0.102. The fourth-order valence-corrected chi connectivity index (χ4v) is 3.05. The summed E-state index contributed by atoms with van der Waals surface area (Å²) in [5, 5.41) is 3.28. The van der Waals surface area contributed by atoms with Crippen molar-refractivity contribution in [1.82, 2.24) is 0 Å². The molecule has 0 aliphatic rings. The molecule has 2 rings (SSSR count). The number of sulfone groups is 1. The predicted octanol–water partition coefficient (Wildman–Crippen LogP) is 3.30. The van der Waals surface area contributed by atoms with Gasteiger partial charge >= 0.3 is 0 Å². The van der Waals surface area contributed by atoms with Crippen LogP contribution in [0.4, 0.5) is 5.69 Å². The van der Waals surface area contributed by atoms with Crippen LogP contribution in [0, 0.1) is 6.92 Å². The SMILES string of the molecule is Cc1cc(Cl)ccc1NC(=O)c1ccccc1S(C)(=O)=O. The highest BCUT2D eigenvalue weighted by molar-refractivity contribution is 7.90. The highest BCUT2D eigenvalue weighted by atomic mass is 35.5. The van der Waals surface area contributed by atoms with Crippen LogP contribution in [0.2, 0.25) is 5.02 Å². The minimum atomic E-state index is -3.47. The Balaban J connectivity index is 2.38. The number of carbonyl (C=O) groups excluding carboxylic acids is 1. The molecule has 0 saturated heterocycles. The van der Waals surface area contributed by atoms with Crippen LogP contribution in [0.1, 0.15) is 15.9 Å². The van der Waals surface area contributed by atoms with Gasteiger partial charge in [0.2, 0.25) is 0 Å². The number of amides is 1. The van der Waals surface area contributed by atoms with E-state index in [4.69, 9.17) is 11.6 Å². The van der Waals surface area contributed by atoms with Crippen LogP contribution >= 0.6 is 11.6 Å². The van der Waals surface area contributed by atoms with E-state index < -0.39 is 15.7 Å². The molecule has 0 atom stereocenters.